The van der Waals surface area contributed by atoms with Gasteiger partial charge in [0, 0.05) is 37.1 Å². The van der Waals surface area contributed by atoms with Crippen LogP contribution in [-0.4, -0.2) is 41.7 Å². The number of hydrogen-bond donors (Lipinski definition) is 3. The number of carbonyl (C=O) groups is 2. The molecule has 0 saturated carbocycles. The Bertz CT molecular complexity index is 753. The molecule has 0 aliphatic carbocycles. The van der Waals surface area contributed by atoms with Gasteiger partial charge in [0.05, 0.1) is 5.56 Å². The van der Waals surface area contributed by atoms with Crippen molar-refractivity contribution in [1.82, 2.24) is 10.3 Å². The highest BCUT2D eigenvalue weighted by Crippen LogP contribution is 2.14. The highest BCUT2D eigenvalue weighted by atomic mass is 16.5. The Kier molecular flexibility index (Phi) is 4.90. The van der Waals surface area contributed by atoms with Crippen molar-refractivity contribution in [1.29, 1.82) is 0 Å². The first kappa shape index (κ1) is 15.7. The van der Waals surface area contributed by atoms with Crippen LogP contribution in [0.2, 0.25) is 0 Å². The molecule has 2 aromatic rings. The molecule has 0 spiro atoms. The van der Waals surface area contributed by atoms with E-state index in [1.165, 1.54) is 7.11 Å². The number of hydrogen-bond acceptors (Lipinski definition) is 4. The van der Waals surface area contributed by atoms with Gasteiger partial charge in [-0.3, -0.25) is 9.59 Å². The number of methoxy groups -OCH3 is 1. The van der Waals surface area contributed by atoms with Gasteiger partial charge in [0.1, 0.15) is 6.04 Å². The lowest BCUT2D eigenvalue weighted by atomic mass is 10.1. The predicted octanol–water partition coefficient (Wildman–Crippen LogP) is 0.748. The molecule has 0 fully saturated rings. The molecule has 0 aliphatic heterocycles. The van der Waals surface area contributed by atoms with Gasteiger partial charge in [0.15, 0.2) is 0 Å². The zero-order valence-corrected chi connectivity index (χ0v) is 12.0. The smallest absolute Gasteiger partial charge is 0.326 e. The molecule has 7 nitrogen and oxygen atoms in total. The number of carboxylic acids is 1. The fourth-order valence-corrected chi connectivity index (χ4v) is 2.12. The Balaban J connectivity index is 2.32. The molecule has 7 heteroatoms. The minimum Gasteiger partial charge on any atom is -0.480 e. The van der Waals surface area contributed by atoms with Gasteiger partial charge < -0.3 is 20.1 Å². The fraction of sp³-hybridized carbons (Fsp3) is 0.267. The molecule has 1 heterocycles. The molecule has 22 heavy (non-hydrogen) atoms. The van der Waals surface area contributed by atoms with Crippen LogP contribution >= 0.6 is 0 Å². The van der Waals surface area contributed by atoms with E-state index in [9.17, 15) is 14.4 Å². The first-order chi connectivity index (χ1) is 10.5. The van der Waals surface area contributed by atoms with Gasteiger partial charge in [-0.25, -0.2) is 4.79 Å². The molecule has 1 amide bonds. The third kappa shape index (κ3) is 3.50. The van der Waals surface area contributed by atoms with Crippen molar-refractivity contribution in [2.45, 2.75) is 12.5 Å². The summed E-state index contributed by atoms with van der Waals surface area (Å²) in [4.78, 5) is 37.7. The van der Waals surface area contributed by atoms with E-state index in [-0.39, 0.29) is 18.6 Å². The van der Waals surface area contributed by atoms with Crippen LogP contribution < -0.4 is 10.9 Å². The average molecular weight is 304 g/mol. The largest absolute Gasteiger partial charge is 0.480 e. The number of H-pyrrole nitrogens is 1. The second-order valence-corrected chi connectivity index (χ2v) is 4.74. The van der Waals surface area contributed by atoms with E-state index >= 15 is 0 Å². The van der Waals surface area contributed by atoms with Crippen LogP contribution in [0.4, 0.5) is 0 Å². The lowest BCUT2D eigenvalue weighted by Crippen LogP contribution is -2.41. The molecule has 1 unspecified atom stereocenters. The van der Waals surface area contributed by atoms with E-state index in [2.05, 4.69) is 10.3 Å². The van der Waals surface area contributed by atoms with Gasteiger partial charge in [-0.2, -0.15) is 0 Å². The maximum absolute atomic E-state index is 12.3. The van der Waals surface area contributed by atoms with Crippen LogP contribution in [0.5, 0.6) is 0 Å². The number of aromatic amines is 1. The van der Waals surface area contributed by atoms with Gasteiger partial charge in [-0.05, 0) is 6.07 Å². The summed E-state index contributed by atoms with van der Waals surface area (Å²) >= 11 is 0. The van der Waals surface area contributed by atoms with E-state index in [0.29, 0.717) is 10.9 Å². The number of amides is 1. The minimum atomic E-state index is -1.15. The molecule has 0 radical (unpaired) electrons. The average Bonchev–Trinajstić information content (AvgIpc) is 2.49. The van der Waals surface area contributed by atoms with E-state index < -0.39 is 23.5 Å². The number of pyridine rings is 1. The fourth-order valence-electron chi connectivity index (χ4n) is 2.12. The Morgan fingerprint density at radius 3 is 2.77 bits per heavy atom. The van der Waals surface area contributed by atoms with Crippen molar-refractivity contribution >= 4 is 22.8 Å². The van der Waals surface area contributed by atoms with E-state index in [4.69, 9.17) is 9.84 Å². The normalized spacial score (nSPS) is 12.0. The van der Waals surface area contributed by atoms with Crippen LogP contribution in [0.3, 0.4) is 0 Å². The third-order valence-corrected chi connectivity index (χ3v) is 3.21. The number of aliphatic carboxylic acids is 1. The maximum Gasteiger partial charge on any atom is 0.326 e. The van der Waals surface area contributed by atoms with Crippen LogP contribution in [-0.2, 0) is 9.53 Å². The summed E-state index contributed by atoms with van der Waals surface area (Å²) in [5.41, 5.74) is 0.236. The van der Waals surface area contributed by atoms with Crippen molar-refractivity contribution in [2.75, 3.05) is 13.7 Å². The van der Waals surface area contributed by atoms with Crippen molar-refractivity contribution in [2.24, 2.45) is 0 Å². The number of benzene rings is 1. The molecule has 0 bridgehead atoms. The van der Waals surface area contributed by atoms with E-state index in [0.717, 1.165) is 6.07 Å². The number of ether oxygens (including phenoxy) is 1. The summed E-state index contributed by atoms with van der Waals surface area (Å²) in [5, 5.41) is 12.1. The summed E-state index contributed by atoms with van der Waals surface area (Å²) in [7, 11) is 1.45. The van der Waals surface area contributed by atoms with Crippen LogP contribution in [0.25, 0.3) is 10.9 Å². The number of carboxylic acid groups (broad SMARTS) is 1. The second kappa shape index (κ2) is 6.86. The molecule has 0 aliphatic rings. The molecular weight excluding hydrogens is 288 g/mol. The molecule has 1 aromatic heterocycles. The SMILES string of the molecule is COCCC(NC(=O)c1cc(=O)[nH]c2ccccc12)C(=O)O. The zero-order valence-electron chi connectivity index (χ0n) is 12.0. The first-order valence-corrected chi connectivity index (χ1v) is 6.67. The lowest BCUT2D eigenvalue weighted by Gasteiger charge is -2.14. The van der Waals surface area contributed by atoms with Crippen molar-refractivity contribution in [3.8, 4) is 0 Å². The van der Waals surface area contributed by atoms with Crippen LogP contribution in [0.1, 0.15) is 16.8 Å². The molecule has 116 valence electrons. The molecule has 1 aromatic carbocycles. The van der Waals surface area contributed by atoms with Crippen LogP contribution in [0.15, 0.2) is 35.1 Å². The highest BCUT2D eigenvalue weighted by Gasteiger charge is 2.21. The monoisotopic (exact) mass is 304 g/mol. The molecular formula is C15H16N2O5. The van der Waals surface area contributed by atoms with Crippen molar-refractivity contribution in [3.63, 3.8) is 0 Å². The quantitative estimate of drug-likeness (QED) is 0.729. The zero-order chi connectivity index (χ0) is 16.1. The summed E-state index contributed by atoms with van der Waals surface area (Å²) in [6.45, 7) is 0.202. The Hall–Kier alpha value is -2.67. The molecule has 1 atom stereocenters. The first-order valence-electron chi connectivity index (χ1n) is 6.67. The van der Waals surface area contributed by atoms with Crippen molar-refractivity contribution < 1.29 is 19.4 Å². The Morgan fingerprint density at radius 2 is 2.09 bits per heavy atom. The van der Waals surface area contributed by atoms with Gasteiger partial charge >= 0.3 is 5.97 Å². The second-order valence-electron chi connectivity index (χ2n) is 4.74. The molecule has 2 rings (SSSR count). The number of aromatic nitrogens is 1. The number of fused-ring (bicyclic) bond motifs is 1. The van der Waals surface area contributed by atoms with Gasteiger partial charge in [-0.15, -0.1) is 0 Å². The number of para-hydroxylation sites is 1. The van der Waals surface area contributed by atoms with Crippen molar-refractivity contribution in [3.05, 3.63) is 46.2 Å². The summed E-state index contributed by atoms with van der Waals surface area (Å²) in [6.07, 6.45) is 0.138. The summed E-state index contributed by atoms with van der Waals surface area (Å²) < 4.78 is 4.83. The van der Waals surface area contributed by atoms with Gasteiger partial charge in [-0.1, -0.05) is 18.2 Å². The number of carbonyl (C=O) groups excluding carboxylic acids is 1. The predicted molar refractivity (Wildman–Crippen MR) is 80.0 cm³/mol. The Morgan fingerprint density at radius 1 is 1.36 bits per heavy atom. The van der Waals surface area contributed by atoms with E-state index in [1.807, 2.05) is 0 Å². The minimum absolute atomic E-state index is 0.138. The molecule has 0 saturated heterocycles. The van der Waals surface area contributed by atoms with Crippen LogP contribution in [0, 0.1) is 0 Å². The van der Waals surface area contributed by atoms with E-state index in [1.54, 1.807) is 24.3 Å². The standard InChI is InChI=1S/C15H16N2O5/c1-22-7-6-12(15(20)21)17-14(19)10-8-13(18)16-11-5-3-2-4-9(10)11/h2-5,8,12H,6-7H2,1H3,(H,16,18)(H,17,19)(H,20,21). The third-order valence-electron chi connectivity index (χ3n) is 3.21. The van der Waals surface area contributed by atoms with Gasteiger partial charge in [0.25, 0.3) is 5.91 Å². The maximum atomic E-state index is 12.3. The topological polar surface area (TPSA) is 108 Å². The highest BCUT2D eigenvalue weighted by molar-refractivity contribution is 6.06. The Labute approximate surface area is 125 Å². The number of rotatable bonds is 6. The molecule has 3 N–H and O–H groups in total. The lowest BCUT2D eigenvalue weighted by molar-refractivity contribution is -0.139. The summed E-state index contributed by atoms with van der Waals surface area (Å²) in [6, 6.07) is 6.91. The van der Waals surface area contributed by atoms with Gasteiger partial charge in [0.2, 0.25) is 5.56 Å². The summed E-state index contributed by atoms with van der Waals surface area (Å²) in [5.74, 6) is -1.76. The number of nitrogens with one attached hydrogen (secondary N) is 2.